The summed E-state index contributed by atoms with van der Waals surface area (Å²) in [4.78, 5) is 12.8. The molecular formula is C22H19F2NO5. The van der Waals surface area contributed by atoms with Crippen LogP contribution in [0.1, 0.15) is 15.9 Å². The Bertz CT molecular complexity index is 1100. The maximum absolute atomic E-state index is 13.7. The Morgan fingerprint density at radius 3 is 2.30 bits per heavy atom. The maximum atomic E-state index is 13.7. The van der Waals surface area contributed by atoms with Crippen molar-refractivity contribution in [3.63, 3.8) is 0 Å². The van der Waals surface area contributed by atoms with Crippen LogP contribution in [0, 0.1) is 11.6 Å². The third kappa shape index (κ3) is 4.27. The van der Waals surface area contributed by atoms with Crippen molar-refractivity contribution < 1.29 is 33.3 Å². The van der Waals surface area contributed by atoms with Gasteiger partial charge in [0, 0.05) is 29.8 Å². The van der Waals surface area contributed by atoms with E-state index in [9.17, 15) is 23.8 Å². The number of hydrogen-bond acceptors (Lipinski definition) is 5. The molecule has 0 heterocycles. The zero-order valence-corrected chi connectivity index (χ0v) is 16.2. The van der Waals surface area contributed by atoms with Crippen molar-refractivity contribution in [3.05, 3.63) is 71.3 Å². The molecule has 1 amide bonds. The monoisotopic (exact) mass is 415 g/mol. The van der Waals surface area contributed by atoms with Gasteiger partial charge in [-0.15, -0.1) is 0 Å². The molecule has 3 aromatic carbocycles. The zero-order valence-electron chi connectivity index (χ0n) is 16.2. The molecule has 6 nitrogen and oxygen atoms in total. The minimum Gasteiger partial charge on any atom is -0.508 e. The number of carbonyl (C=O) groups excluding carboxylic acids is 1. The molecular weight excluding hydrogens is 396 g/mol. The average Bonchev–Trinajstić information content (AvgIpc) is 2.73. The lowest BCUT2D eigenvalue weighted by Crippen LogP contribution is -2.23. The molecule has 0 radical (unpaired) electrons. The van der Waals surface area contributed by atoms with Gasteiger partial charge in [0.2, 0.25) is 0 Å². The first-order valence-electron chi connectivity index (χ1n) is 8.84. The second-order valence-electron chi connectivity index (χ2n) is 6.38. The predicted octanol–water partition coefficient (Wildman–Crippen LogP) is 3.99. The molecule has 0 saturated heterocycles. The number of aromatic hydroxyl groups is 2. The van der Waals surface area contributed by atoms with Crippen LogP contribution in [0.15, 0.2) is 48.5 Å². The number of rotatable bonds is 6. The van der Waals surface area contributed by atoms with Crippen LogP contribution in [0.5, 0.6) is 23.0 Å². The smallest absolute Gasteiger partial charge is 0.255 e. The first-order valence-corrected chi connectivity index (χ1v) is 8.84. The van der Waals surface area contributed by atoms with Crippen molar-refractivity contribution in [1.29, 1.82) is 0 Å². The van der Waals surface area contributed by atoms with Crippen molar-refractivity contribution in [1.82, 2.24) is 5.32 Å². The standard InChI is InChI=1S/C22H19F2NO5/c1-29-20-10-21(30-2)16(9-15(20)12-4-6-17(23)18(24)7-12)22(28)25-11-13-3-5-14(26)8-19(13)27/h3-10,26-27H,11H2,1-2H3,(H,25,28). The Morgan fingerprint density at radius 1 is 0.933 bits per heavy atom. The second kappa shape index (κ2) is 8.69. The van der Waals surface area contributed by atoms with Crippen LogP contribution in [0.4, 0.5) is 8.78 Å². The van der Waals surface area contributed by atoms with Crippen LogP contribution >= 0.6 is 0 Å². The Labute approximate surface area is 171 Å². The highest BCUT2D eigenvalue weighted by atomic mass is 19.2. The molecule has 0 bridgehead atoms. The molecule has 3 rings (SSSR count). The summed E-state index contributed by atoms with van der Waals surface area (Å²) < 4.78 is 37.6. The highest BCUT2D eigenvalue weighted by molar-refractivity contribution is 5.99. The Balaban J connectivity index is 1.96. The van der Waals surface area contributed by atoms with E-state index in [0.717, 1.165) is 18.2 Å². The van der Waals surface area contributed by atoms with Crippen LogP contribution < -0.4 is 14.8 Å². The lowest BCUT2D eigenvalue weighted by atomic mass is 10.00. The third-order valence-corrected chi connectivity index (χ3v) is 4.51. The van der Waals surface area contributed by atoms with Crippen LogP contribution in [-0.2, 0) is 6.54 Å². The average molecular weight is 415 g/mol. The van der Waals surface area contributed by atoms with Crippen molar-refractivity contribution >= 4 is 5.91 Å². The summed E-state index contributed by atoms with van der Waals surface area (Å²) in [6, 6.07) is 10.3. The number of halogens is 2. The molecule has 0 atom stereocenters. The van der Waals surface area contributed by atoms with E-state index in [0.29, 0.717) is 22.4 Å². The second-order valence-corrected chi connectivity index (χ2v) is 6.38. The number of ether oxygens (including phenoxy) is 2. The summed E-state index contributed by atoms with van der Waals surface area (Å²) in [7, 11) is 2.79. The predicted molar refractivity (Wildman–Crippen MR) is 106 cm³/mol. The summed E-state index contributed by atoms with van der Waals surface area (Å²) in [5, 5.41) is 21.9. The minimum absolute atomic E-state index is 0.0133. The summed E-state index contributed by atoms with van der Waals surface area (Å²) in [6.07, 6.45) is 0. The van der Waals surface area contributed by atoms with Gasteiger partial charge in [-0.3, -0.25) is 4.79 Å². The summed E-state index contributed by atoms with van der Waals surface area (Å²) in [5.41, 5.74) is 1.22. The SMILES string of the molecule is COc1cc(OC)c(-c2ccc(F)c(F)c2)cc1C(=O)NCc1ccc(O)cc1O. The molecule has 156 valence electrons. The molecule has 0 aliphatic rings. The first-order chi connectivity index (χ1) is 14.3. The number of phenolic OH excluding ortho intramolecular Hbond substituents is 2. The zero-order chi connectivity index (χ0) is 21.8. The lowest BCUT2D eigenvalue weighted by molar-refractivity contribution is 0.0947. The fourth-order valence-corrected chi connectivity index (χ4v) is 2.94. The van der Waals surface area contributed by atoms with Gasteiger partial charge in [0.05, 0.1) is 19.8 Å². The molecule has 3 aromatic rings. The van der Waals surface area contributed by atoms with E-state index in [1.165, 1.54) is 44.6 Å². The lowest BCUT2D eigenvalue weighted by Gasteiger charge is -2.15. The van der Waals surface area contributed by atoms with Crippen LogP contribution in [0.2, 0.25) is 0 Å². The van der Waals surface area contributed by atoms with Crippen LogP contribution in [0.25, 0.3) is 11.1 Å². The van der Waals surface area contributed by atoms with Gasteiger partial charge in [-0.25, -0.2) is 8.78 Å². The van der Waals surface area contributed by atoms with Gasteiger partial charge in [-0.1, -0.05) is 6.07 Å². The van der Waals surface area contributed by atoms with Gasteiger partial charge in [0.15, 0.2) is 11.6 Å². The van der Waals surface area contributed by atoms with E-state index in [1.807, 2.05) is 0 Å². The Hall–Kier alpha value is -3.81. The quantitative estimate of drug-likeness (QED) is 0.567. The maximum Gasteiger partial charge on any atom is 0.255 e. The van der Waals surface area contributed by atoms with Crippen molar-refractivity contribution in [2.45, 2.75) is 6.54 Å². The Kier molecular flexibility index (Phi) is 6.06. The summed E-state index contributed by atoms with van der Waals surface area (Å²) in [6.45, 7) is -0.0133. The van der Waals surface area contributed by atoms with E-state index in [4.69, 9.17) is 9.47 Å². The molecule has 0 spiro atoms. The highest BCUT2D eigenvalue weighted by Crippen LogP contribution is 2.36. The van der Waals surface area contributed by atoms with Crippen molar-refractivity contribution in [2.24, 2.45) is 0 Å². The minimum atomic E-state index is -1.03. The fourth-order valence-electron chi connectivity index (χ4n) is 2.94. The number of carbonyl (C=O) groups is 1. The molecule has 0 fully saturated rings. The largest absolute Gasteiger partial charge is 0.508 e. The van der Waals surface area contributed by atoms with E-state index in [1.54, 1.807) is 0 Å². The number of nitrogens with one attached hydrogen (secondary N) is 1. The highest BCUT2D eigenvalue weighted by Gasteiger charge is 2.19. The van der Waals surface area contributed by atoms with Gasteiger partial charge < -0.3 is 25.0 Å². The molecule has 30 heavy (non-hydrogen) atoms. The molecule has 8 heteroatoms. The number of benzene rings is 3. The summed E-state index contributed by atoms with van der Waals surface area (Å²) >= 11 is 0. The van der Waals surface area contributed by atoms with E-state index < -0.39 is 17.5 Å². The molecule has 0 saturated carbocycles. The van der Waals surface area contributed by atoms with Crippen molar-refractivity contribution in [2.75, 3.05) is 14.2 Å². The van der Waals surface area contributed by atoms with Crippen LogP contribution in [0.3, 0.4) is 0 Å². The fraction of sp³-hybridized carbons (Fsp3) is 0.136. The van der Waals surface area contributed by atoms with Gasteiger partial charge in [-0.05, 0) is 35.9 Å². The molecule has 0 aliphatic heterocycles. The number of hydrogen-bond donors (Lipinski definition) is 3. The number of methoxy groups -OCH3 is 2. The van der Waals surface area contributed by atoms with E-state index in [2.05, 4.69) is 5.32 Å². The number of phenols is 2. The Morgan fingerprint density at radius 2 is 1.67 bits per heavy atom. The van der Waals surface area contributed by atoms with Crippen molar-refractivity contribution in [3.8, 4) is 34.1 Å². The van der Waals surface area contributed by atoms with Crippen LogP contribution in [-0.4, -0.2) is 30.3 Å². The van der Waals surface area contributed by atoms with E-state index in [-0.39, 0.29) is 29.4 Å². The molecule has 3 N–H and O–H groups in total. The summed E-state index contributed by atoms with van der Waals surface area (Å²) in [5.74, 6) is -2.28. The topological polar surface area (TPSA) is 88.0 Å². The van der Waals surface area contributed by atoms with Gasteiger partial charge >= 0.3 is 0 Å². The first kappa shape index (κ1) is 20.9. The molecule has 0 aliphatic carbocycles. The van der Waals surface area contributed by atoms with Gasteiger partial charge in [0.1, 0.15) is 23.0 Å². The third-order valence-electron chi connectivity index (χ3n) is 4.51. The molecule has 0 aromatic heterocycles. The normalized spacial score (nSPS) is 10.5. The van der Waals surface area contributed by atoms with E-state index >= 15 is 0 Å². The van der Waals surface area contributed by atoms with Gasteiger partial charge in [0.25, 0.3) is 5.91 Å². The van der Waals surface area contributed by atoms with Gasteiger partial charge in [-0.2, -0.15) is 0 Å². The molecule has 0 unspecified atom stereocenters. The number of amides is 1.